The molecule has 2 aromatic carbocycles. The zero-order chi connectivity index (χ0) is 22.8. The topological polar surface area (TPSA) is 58.6 Å². The summed E-state index contributed by atoms with van der Waals surface area (Å²) in [4.78, 5) is 27.5. The van der Waals surface area contributed by atoms with Crippen LogP contribution in [0, 0.1) is 0 Å². The average molecular weight is 465 g/mol. The lowest BCUT2D eigenvalue weighted by atomic mass is 10.1. The first kappa shape index (κ1) is 25.0. The third-order valence-electron chi connectivity index (χ3n) is 4.70. The van der Waals surface area contributed by atoms with Gasteiger partial charge >= 0.3 is 0 Å². The molecule has 0 bridgehead atoms. The Balaban J connectivity index is 2.04. The summed E-state index contributed by atoms with van der Waals surface area (Å²) in [7, 11) is 0. The number of benzene rings is 2. The van der Waals surface area contributed by atoms with Gasteiger partial charge in [-0.05, 0) is 68.7 Å². The van der Waals surface area contributed by atoms with Crippen molar-refractivity contribution in [2.24, 2.45) is 0 Å². The molecule has 0 unspecified atom stereocenters. The molecule has 2 rings (SSSR count). The number of ether oxygens (including phenoxy) is 1. The lowest BCUT2D eigenvalue weighted by Gasteiger charge is -2.31. The predicted octanol–water partition coefficient (Wildman–Crippen LogP) is 5.48. The molecular weight excluding hydrogens is 435 g/mol. The van der Waals surface area contributed by atoms with Crippen molar-refractivity contribution in [1.29, 1.82) is 0 Å². The van der Waals surface area contributed by atoms with E-state index in [0.717, 1.165) is 5.56 Å². The molecule has 0 spiro atoms. The van der Waals surface area contributed by atoms with Gasteiger partial charge in [-0.15, -0.1) is 0 Å². The molecular formula is C24H30Cl2N2O3. The van der Waals surface area contributed by atoms with Crippen LogP contribution in [0.15, 0.2) is 48.5 Å². The van der Waals surface area contributed by atoms with E-state index in [1.165, 1.54) is 0 Å². The van der Waals surface area contributed by atoms with Crippen LogP contribution in [0.1, 0.15) is 45.6 Å². The number of hydrogen-bond acceptors (Lipinski definition) is 3. The van der Waals surface area contributed by atoms with E-state index >= 15 is 0 Å². The van der Waals surface area contributed by atoms with Crippen molar-refractivity contribution in [2.75, 3.05) is 6.61 Å². The highest BCUT2D eigenvalue weighted by atomic mass is 35.5. The molecule has 0 aliphatic carbocycles. The second-order valence-electron chi connectivity index (χ2n) is 7.64. The van der Waals surface area contributed by atoms with E-state index in [1.807, 2.05) is 32.9 Å². The summed E-state index contributed by atoms with van der Waals surface area (Å²) in [6.07, 6.45) is 1.35. The standard InChI is InChI=1S/C24H30Cl2N2O3/c1-4-22(24(30)27-17(2)3)28(16-18-7-9-19(25)10-8-18)23(29)6-5-15-31-21-13-11-20(26)12-14-21/h7-14,17,22H,4-6,15-16H2,1-3H3,(H,27,30)/t22-/m1/s1. The molecule has 31 heavy (non-hydrogen) atoms. The zero-order valence-electron chi connectivity index (χ0n) is 18.2. The smallest absolute Gasteiger partial charge is 0.243 e. The van der Waals surface area contributed by atoms with Gasteiger partial charge in [0.25, 0.3) is 0 Å². The third-order valence-corrected chi connectivity index (χ3v) is 5.20. The predicted molar refractivity (Wildman–Crippen MR) is 126 cm³/mol. The minimum absolute atomic E-state index is 0.00168. The summed E-state index contributed by atoms with van der Waals surface area (Å²) in [5.41, 5.74) is 0.922. The molecule has 1 atom stereocenters. The van der Waals surface area contributed by atoms with Gasteiger partial charge in [-0.3, -0.25) is 9.59 Å². The maximum Gasteiger partial charge on any atom is 0.243 e. The van der Waals surface area contributed by atoms with Crippen LogP contribution in [0.5, 0.6) is 5.75 Å². The lowest BCUT2D eigenvalue weighted by Crippen LogP contribution is -2.50. The second kappa shape index (κ2) is 12.6. The SMILES string of the molecule is CC[C@H](C(=O)NC(C)C)N(Cc1ccc(Cl)cc1)C(=O)CCCOc1ccc(Cl)cc1. The molecule has 7 heteroatoms. The maximum atomic E-state index is 13.1. The van der Waals surface area contributed by atoms with E-state index in [0.29, 0.717) is 41.8 Å². The summed E-state index contributed by atoms with van der Waals surface area (Å²) < 4.78 is 5.69. The quantitative estimate of drug-likeness (QED) is 0.447. The second-order valence-corrected chi connectivity index (χ2v) is 8.51. The molecule has 0 aliphatic heterocycles. The minimum atomic E-state index is -0.539. The molecule has 168 valence electrons. The lowest BCUT2D eigenvalue weighted by molar-refractivity contribution is -0.141. The molecule has 0 aliphatic rings. The van der Waals surface area contributed by atoms with E-state index in [1.54, 1.807) is 41.3 Å². The van der Waals surface area contributed by atoms with Crippen LogP contribution >= 0.6 is 23.2 Å². The minimum Gasteiger partial charge on any atom is -0.494 e. The van der Waals surface area contributed by atoms with Gasteiger partial charge in [-0.25, -0.2) is 0 Å². The van der Waals surface area contributed by atoms with Crippen LogP contribution in [0.2, 0.25) is 10.0 Å². The molecule has 0 aromatic heterocycles. The van der Waals surface area contributed by atoms with Gasteiger partial charge in [0.1, 0.15) is 11.8 Å². The Kier molecular flexibility index (Phi) is 10.2. The Labute approximate surface area is 194 Å². The number of carbonyl (C=O) groups excluding carboxylic acids is 2. The Morgan fingerprint density at radius 2 is 1.58 bits per heavy atom. The summed E-state index contributed by atoms with van der Waals surface area (Å²) in [6.45, 7) is 6.47. The van der Waals surface area contributed by atoms with Crippen LogP contribution in [0.25, 0.3) is 0 Å². The first-order valence-corrected chi connectivity index (χ1v) is 11.3. The normalized spacial score (nSPS) is 11.8. The number of rotatable bonds is 11. The monoisotopic (exact) mass is 464 g/mol. The Hall–Kier alpha value is -2.24. The van der Waals surface area contributed by atoms with Crippen molar-refractivity contribution in [1.82, 2.24) is 10.2 Å². The molecule has 0 fully saturated rings. The fourth-order valence-electron chi connectivity index (χ4n) is 3.17. The van der Waals surface area contributed by atoms with Gasteiger partial charge in [0.05, 0.1) is 6.61 Å². The van der Waals surface area contributed by atoms with E-state index < -0.39 is 6.04 Å². The summed E-state index contributed by atoms with van der Waals surface area (Å²) in [5.74, 6) is 0.482. The molecule has 0 heterocycles. The summed E-state index contributed by atoms with van der Waals surface area (Å²) in [6, 6.07) is 13.9. The van der Waals surface area contributed by atoms with Crippen molar-refractivity contribution in [3.8, 4) is 5.75 Å². The van der Waals surface area contributed by atoms with Crippen LogP contribution < -0.4 is 10.1 Å². The highest BCUT2D eigenvalue weighted by Crippen LogP contribution is 2.18. The summed E-state index contributed by atoms with van der Waals surface area (Å²) in [5, 5.41) is 4.20. The van der Waals surface area contributed by atoms with E-state index in [9.17, 15) is 9.59 Å². The van der Waals surface area contributed by atoms with Gasteiger partial charge < -0.3 is 15.0 Å². The average Bonchev–Trinajstić information content (AvgIpc) is 2.73. The highest BCUT2D eigenvalue weighted by molar-refractivity contribution is 6.30. The number of halogens is 2. The van der Waals surface area contributed by atoms with Crippen molar-refractivity contribution >= 4 is 35.0 Å². The van der Waals surface area contributed by atoms with Gasteiger partial charge in [-0.2, -0.15) is 0 Å². The van der Waals surface area contributed by atoms with E-state index in [4.69, 9.17) is 27.9 Å². The third kappa shape index (κ3) is 8.42. The van der Waals surface area contributed by atoms with E-state index in [-0.39, 0.29) is 24.3 Å². The molecule has 2 amide bonds. The van der Waals surface area contributed by atoms with Crippen molar-refractivity contribution in [3.05, 3.63) is 64.1 Å². The van der Waals surface area contributed by atoms with Crippen LogP contribution in [-0.2, 0) is 16.1 Å². The van der Waals surface area contributed by atoms with Gasteiger partial charge in [0.2, 0.25) is 11.8 Å². The first-order chi connectivity index (χ1) is 14.8. The highest BCUT2D eigenvalue weighted by Gasteiger charge is 2.28. The number of hydrogen-bond donors (Lipinski definition) is 1. The molecule has 1 N–H and O–H groups in total. The number of nitrogens with zero attached hydrogens (tertiary/aromatic N) is 1. The molecule has 0 saturated carbocycles. The first-order valence-electron chi connectivity index (χ1n) is 10.5. The fraction of sp³-hybridized carbons (Fsp3) is 0.417. The van der Waals surface area contributed by atoms with Crippen LogP contribution in [-0.4, -0.2) is 35.4 Å². The van der Waals surface area contributed by atoms with Gasteiger partial charge in [0.15, 0.2) is 0 Å². The summed E-state index contributed by atoms with van der Waals surface area (Å²) >= 11 is 11.9. The van der Waals surface area contributed by atoms with Crippen molar-refractivity contribution < 1.29 is 14.3 Å². The fourth-order valence-corrected chi connectivity index (χ4v) is 3.43. The van der Waals surface area contributed by atoms with E-state index in [2.05, 4.69) is 5.32 Å². The van der Waals surface area contributed by atoms with Gasteiger partial charge in [-0.1, -0.05) is 42.3 Å². The molecule has 5 nitrogen and oxygen atoms in total. The Bertz CT molecular complexity index is 839. The zero-order valence-corrected chi connectivity index (χ0v) is 19.7. The van der Waals surface area contributed by atoms with Gasteiger partial charge in [0, 0.05) is 29.1 Å². The molecule has 2 aromatic rings. The largest absolute Gasteiger partial charge is 0.494 e. The van der Waals surface area contributed by atoms with Crippen molar-refractivity contribution in [3.63, 3.8) is 0 Å². The Morgan fingerprint density at radius 3 is 2.13 bits per heavy atom. The molecule has 0 radical (unpaired) electrons. The number of amides is 2. The molecule has 0 saturated heterocycles. The number of carbonyl (C=O) groups is 2. The Morgan fingerprint density at radius 1 is 1.00 bits per heavy atom. The van der Waals surface area contributed by atoms with Crippen LogP contribution in [0.4, 0.5) is 0 Å². The number of nitrogens with one attached hydrogen (secondary N) is 1. The van der Waals surface area contributed by atoms with Crippen molar-refractivity contribution in [2.45, 2.75) is 58.7 Å². The maximum absolute atomic E-state index is 13.1. The van der Waals surface area contributed by atoms with Crippen LogP contribution in [0.3, 0.4) is 0 Å².